The Labute approximate surface area is 539 Å². The maximum absolute atomic E-state index is 2.55. The van der Waals surface area contributed by atoms with E-state index in [4.69, 9.17) is 0 Å². The van der Waals surface area contributed by atoms with Gasteiger partial charge in [0.15, 0.2) is 0 Å². The molecule has 3 nitrogen and oxygen atoms in total. The molecule has 2 atom stereocenters. The van der Waals surface area contributed by atoms with Crippen molar-refractivity contribution in [3.05, 3.63) is 331 Å². The molecule has 0 N–H and O–H groups in total. The van der Waals surface area contributed by atoms with Crippen LogP contribution in [-0.2, 0) is 5.41 Å². The highest BCUT2D eigenvalue weighted by atomic mass is 15.1. The van der Waals surface area contributed by atoms with Gasteiger partial charge in [-0.05, 0) is 192 Å². The first-order valence-electron chi connectivity index (χ1n) is 32.6. The molecule has 2 heterocycles. The molecule has 15 aromatic rings. The second-order valence-corrected chi connectivity index (χ2v) is 27.9. The van der Waals surface area contributed by atoms with E-state index in [9.17, 15) is 0 Å². The topological polar surface area (TPSA) is 13.1 Å². The van der Waals surface area contributed by atoms with Crippen molar-refractivity contribution >= 4 is 60.7 Å². The zero-order valence-electron chi connectivity index (χ0n) is 53.0. The van der Waals surface area contributed by atoms with E-state index in [1.807, 2.05) is 0 Å². The van der Waals surface area contributed by atoms with Crippen molar-refractivity contribution in [2.75, 3.05) is 4.90 Å². The molecule has 2 unspecified atom stereocenters. The van der Waals surface area contributed by atoms with E-state index >= 15 is 0 Å². The minimum absolute atomic E-state index is 0.109. The molecule has 92 heavy (non-hydrogen) atoms. The van der Waals surface area contributed by atoms with E-state index in [1.54, 1.807) is 0 Å². The Morgan fingerprint density at radius 2 is 0.761 bits per heavy atom. The number of anilines is 3. The van der Waals surface area contributed by atoms with Crippen molar-refractivity contribution in [1.29, 1.82) is 0 Å². The normalized spacial score (nSPS) is 14.5. The fourth-order valence-corrected chi connectivity index (χ4v) is 16.0. The molecule has 17 rings (SSSR count). The van der Waals surface area contributed by atoms with Crippen LogP contribution in [-0.4, -0.2) is 9.13 Å². The highest BCUT2D eigenvalue weighted by Crippen LogP contribution is 2.64. The summed E-state index contributed by atoms with van der Waals surface area (Å²) in [7, 11) is 0. The number of aromatic nitrogens is 2. The lowest BCUT2D eigenvalue weighted by atomic mass is 9.68. The van der Waals surface area contributed by atoms with Crippen LogP contribution in [0.25, 0.3) is 111 Å². The third kappa shape index (κ3) is 8.85. The van der Waals surface area contributed by atoms with Crippen LogP contribution in [0.4, 0.5) is 17.1 Å². The van der Waals surface area contributed by atoms with E-state index in [2.05, 4.69) is 359 Å². The lowest BCUT2D eigenvalue weighted by Gasteiger charge is -2.36. The molecule has 0 saturated heterocycles. The van der Waals surface area contributed by atoms with Gasteiger partial charge in [0, 0.05) is 50.0 Å². The van der Waals surface area contributed by atoms with Crippen molar-refractivity contribution in [3.63, 3.8) is 0 Å². The summed E-state index contributed by atoms with van der Waals surface area (Å²) in [4.78, 5) is 2.43. The fraction of sp³-hybridized carbons (Fsp3) is 0.124. The summed E-state index contributed by atoms with van der Waals surface area (Å²) in [6, 6.07) is 114. The van der Waals surface area contributed by atoms with Gasteiger partial charge < -0.3 is 14.0 Å². The Balaban J connectivity index is 0.818. The minimum atomic E-state index is -0.553. The van der Waals surface area contributed by atoms with Gasteiger partial charge in [-0.25, -0.2) is 0 Å². The van der Waals surface area contributed by atoms with Crippen molar-refractivity contribution in [3.8, 4) is 67.0 Å². The summed E-state index contributed by atoms with van der Waals surface area (Å²) in [5.41, 5.74) is 29.1. The first kappa shape index (κ1) is 55.3. The van der Waals surface area contributed by atoms with Gasteiger partial charge >= 0.3 is 0 Å². The van der Waals surface area contributed by atoms with E-state index in [-0.39, 0.29) is 10.8 Å². The maximum atomic E-state index is 2.55. The van der Waals surface area contributed by atoms with Crippen molar-refractivity contribution in [2.45, 2.75) is 59.3 Å². The molecule has 0 saturated carbocycles. The second-order valence-electron chi connectivity index (χ2n) is 27.9. The lowest BCUT2D eigenvalue weighted by molar-refractivity contribution is 0.229. The third-order valence-electron chi connectivity index (χ3n) is 20.1. The van der Waals surface area contributed by atoms with Crippen LogP contribution in [0.3, 0.4) is 0 Å². The van der Waals surface area contributed by atoms with Crippen LogP contribution in [0.5, 0.6) is 0 Å². The summed E-state index contributed by atoms with van der Waals surface area (Å²) in [6.45, 7) is 14.4. The van der Waals surface area contributed by atoms with Gasteiger partial charge in [0.1, 0.15) is 0 Å². The molecule has 2 aromatic heterocycles. The summed E-state index contributed by atoms with van der Waals surface area (Å²) >= 11 is 0. The zero-order valence-corrected chi connectivity index (χ0v) is 53.0. The molecule has 2 aliphatic carbocycles. The Kier molecular flexibility index (Phi) is 12.7. The number of para-hydroxylation sites is 3. The summed E-state index contributed by atoms with van der Waals surface area (Å²) in [5.74, 6) is 0.411. The third-order valence-corrected chi connectivity index (χ3v) is 20.1. The molecule has 13 aromatic carbocycles. The Morgan fingerprint density at radius 1 is 0.304 bits per heavy atom. The highest BCUT2D eigenvalue weighted by Gasteiger charge is 2.52. The van der Waals surface area contributed by atoms with E-state index in [1.165, 1.54) is 110 Å². The molecule has 442 valence electrons. The summed E-state index contributed by atoms with van der Waals surface area (Å²) in [6.07, 6.45) is 1.12. The SMILES string of the molecule is CC(C)(C)CC(c1cccc(-c2ccc3c(c2)C2(c4ccccc4-3)c3ccccc3-c3ccc(-n4c5ccccc5c5ccc(-c6cccc(N(c7ccc(-c8ccccc8)cc7)c7ccc8c9ccccc9n(-c9ccccc9)c8c7)c6)cc54)cc32)c1)C(C)(C)C. The molecule has 0 fully saturated rings. The molecular weight excluding hydrogens is 1110 g/mol. The van der Waals surface area contributed by atoms with Gasteiger partial charge in [-0.3, -0.25) is 0 Å². The summed E-state index contributed by atoms with van der Waals surface area (Å²) in [5, 5.41) is 4.91. The van der Waals surface area contributed by atoms with Gasteiger partial charge in [0.2, 0.25) is 0 Å². The van der Waals surface area contributed by atoms with Gasteiger partial charge in [0.25, 0.3) is 0 Å². The molecule has 0 aliphatic heterocycles. The van der Waals surface area contributed by atoms with Gasteiger partial charge in [0.05, 0.1) is 27.5 Å². The van der Waals surface area contributed by atoms with Gasteiger partial charge in [-0.2, -0.15) is 0 Å². The van der Waals surface area contributed by atoms with Crippen molar-refractivity contribution < 1.29 is 0 Å². The van der Waals surface area contributed by atoms with Crippen LogP contribution in [0.15, 0.2) is 303 Å². The smallest absolute Gasteiger partial charge is 0.0726 e. The minimum Gasteiger partial charge on any atom is -0.310 e. The molecule has 1 spiro atoms. The lowest BCUT2D eigenvalue weighted by Crippen LogP contribution is -2.26. The number of fused-ring (bicyclic) bond motifs is 16. The highest BCUT2D eigenvalue weighted by molar-refractivity contribution is 6.12. The first-order chi connectivity index (χ1) is 44.9. The van der Waals surface area contributed by atoms with Crippen LogP contribution in [0.2, 0.25) is 0 Å². The van der Waals surface area contributed by atoms with E-state index in [0.717, 1.165) is 51.5 Å². The Hall–Kier alpha value is -10.7. The Morgan fingerprint density at radius 3 is 1.43 bits per heavy atom. The maximum Gasteiger partial charge on any atom is 0.0726 e. The predicted octanol–water partition coefficient (Wildman–Crippen LogP) is 24.3. The van der Waals surface area contributed by atoms with Crippen LogP contribution in [0, 0.1) is 10.8 Å². The number of hydrogen-bond acceptors (Lipinski definition) is 1. The number of benzene rings is 13. The van der Waals surface area contributed by atoms with Gasteiger partial charge in [-0.15, -0.1) is 0 Å². The first-order valence-corrected chi connectivity index (χ1v) is 32.6. The van der Waals surface area contributed by atoms with Crippen LogP contribution in [0.1, 0.15) is 81.7 Å². The van der Waals surface area contributed by atoms with Crippen molar-refractivity contribution in [1.82, 2.24) is 9.13 Å². The zero-order chi connectivity index (χ0) is 62.0. The van der Waals surface area contributed by atoms with Crippen molar-refractivity contribution in [2.24, 2.45) is 10.8 Å². The summed E-state index contributed by atoms with van der Waals surface area (Å²) < 4.78 is 4.94. The second kappa shape index (κ2) is 21.2. The molecule has 3 heteroatoms. The number of rotatable bonds is 10. The van der Waals surface area contributed by atoms with E-state index in [0.29, 0.717) is 5.92 Å². The number of hydrogen-bond donors (Lipinski definition) is 0. The van der Waals surface area contributed by atoms with E-state index < -0.39 is 5.41 Å². The average Bonchev–Trinajstić information content (AvgIpc) is 1.51. The molecule has 2 aliphatic rings. The van der Waals surface area contributed by atoms with Crippen LogP contribution < -0.4 is 4.90 Å². The quantitative estimate of drug-likeness (QED) is 0.133. The standard InChI is InChI=1S/C89H71N3/c1-87(2,3)57-82(88(4,5)6)64-27-21-25-60(51-64)62-41-47-72-70-31-13-17-35-78(70)89(80(72)53-62)79-36-18-14-32-71(79)73-49-45-68(55-81(73)89)92-84-38-20-16-33-74(84)76-48-42-63(54-85(76)92)61-26-22-30-67(52-61)90(66-43-39-59(40-44-66)58-23-9-7-10-24-58)69-46-50-77-75-34-15-19-37-83(75)91(86(77)56-69)65-28-11-8-12-29-65/h7-56,82H,57H2,1-6H3. The molecule has 0 bridgehead atoms. The Bertz CT molecular complexity index is 5380. The number of nitrogens with zero attached hydrogens (tertiary/aromatic N) is 3. The monoisotopic (exact) mass is 1180 g/mol. The molecular formula is C89H71N3. The largest absolute Gasteiger partial charge is 0.310 e. The van der Waals surface area contributed by atoms with Gasteiger partial charge in [-0.1, -0.05) is 260 Å². The molecule has 0 amide bonds. The fourth-order valence-electron chi connectivity index (χ4n) is 16.0. The molecule has 0 radical (unpaired) electrons. The predicted molar refractivity (Wildman–Crippen MR) is 389 cm³/mol. The average molecular weight is 1180 g/mol. The van der Waals surface area contributed by atoms with Crippen LogP contribution >= 0.6 is 0 Å².